The van der Waals surface area contributed by atoms with E-state index in [0.29, 0.717) is 15.7 Å². The summed E-state index contributed by atoms with van der Waals surface area (Å²) in [6.07, 6.45) is 6.10. The monoisotopic (exact) mass is 408 g/mol. The zero-order chi connectivity index (χ0) is 20.0. The van der Waals surface area contributed by atoms with Crippen LogP contribution in [0, 0.1) is 11.6 Å². The van der Waals surface area contributed by atoms with E-state index in [9.17, 15) is 13.6 Å². The second kappa shape index (κ2) is 9.45. The predicted octanol–water partition coefficient (Wildman–Crippen LogP) is 4.62. The highest BCUT2D eigenvalue weighted by Gasteiger charge is 2.24. The van der Waals surface area contributed by atoms with Crippen LogP contribution in [0.25, 0.3) is 0 Å². The van der Waals surface area contributed by atoms with Gasteiger partial charge in [0, 0.05) is 10.6 Å². The third-order valence-electron chi connectivity index (χ3n) is 3.32. The maximum Gasteiger partial charge on any atom is 0.212 e. The summed E-state index contributed by atoms with van der Waals surface area (Å²) in [5, 5.41) is 8.77. The van der Waals surface area contributed by atoms with Crippen molar-refractivity contribution in [3.63, 3.8) is 0 Å². The van der Waals surface area contributed by atoms with Crippen molar-refractivity contribution in [2.24, 2.45) is 5.14 Å². The summed E-state index contributed by atoms with van der Waals surface area (Å²) in [5.41, 5.74) is 5.83. The molecule has 142 valence electrons. The summed E-state index contributed by atoms with van der Waals surface area (Å²) in [6, 6.07) is 3.22. The number of anilines is 2. The number of nitrogens with two attached hydrogens (primary N) is 2. The number of thiazole rings is 1. The number of aromatic nitrogens is 1. The molecule has 0 spiro atoms. The van der Waals surface area contributed by atoms with Crippen LogP contribution in [0.4, 0.5) is 19.7 Å². The Morgan fingerprint density at radius 1 is 1.37 bits per heavy atom. The fourth-order valence-corrected chi connectivity index (χ4v) is 3.10. The van der Waals surface area contributed by atoms with Gasteiger partial charge in [-0.05, 0) is 42.7 Å². The van der Waals surface area contributed by atoms with E-state index in [-0.39, 0.29) is 10.7 Å². The molecule has 0 fully saturated rings. The molecule has 0 radical (unpaired) electrons. The first kappa shape index (κ1) is 20.8. The number of hydrogen-bond donors (Lipinski definition) is 3. The van der Waals surface area contributed by atoms with Gasteiger partial charge < -0.3 is 11.1 Å². The topological polar surface area (TPSA) is 94.0 Å². The standard InChI is InChI=1S/C18H18F2N4OS2/c1-3-5-11(9-8-10(2)27-22)23-18-24-17(21)16(26-18)15(25)14-12(19)6-4-7-13(14)20/h4-9H,2-3,21-22H2,1H3,(H,23,24)/b9-8-,11-5+. The molecule has 0 saturated carbocycles. The molecule has 0 aliphatic rings. The molecule has 0 unspecified atom stereocenters. The van der Waals surface area contributed by atoms with Crippen LogP contribution < -0.4 is 16.2 Å². The quantitative estimate of drug-likeness (QED) is 0.335. The van der Waals surface area contributed by atoms with Gasteiger partial charge in [-0.1, -0.05) is 37.0 Å². The average molecular weight is 408 g/mol. The fraction of sp³-hybridized carbons (Fsp3) is 0.111. The molecule has 27 heavy (non-hydrogen) atoms. The lowest BCUT2D eigenvalue weighted by Crippen LogP contribution is -2.07. The number of nitrogens with one attached hydrogen (secondary N) is 1. The zero-order valence-corrected chi connectivity index (χ0v) is 16.1. The first-order valence-corrected chi connectivity index (χ1v) is 9.52. The number of allylic oxidation sites excluding steroid dienone is 3. The Labute approximate surface area is 164 Å². The summed E-state index contributed by atoms with van der Waals surface area (Å²) >= 11 is 1.93. The number of benzene rings is 1. The van der Waals surface area contributed by atoms with Gasteiger partial charge in [0.1, 0.15) is 22.3 Å². The number of halogens is 2. The minimum absolute atomic E-state index is 0.0387. The summed E-state index contributed by atoms with van der Waals surface area (Å²) < 4.78 is 27.7. The van der Waals surface area contributed by atoms with Gasteiger partial charge in [0.05, 0.1) is 5.56 Å². The van der Waals surface area contributed by atoms with E-state index >= 15 is 0 Å². The zero-order valence-electron chi connectivity index (χ0n) is 14.5. The van der Waals surface area contributed by atoms with Crippen LogP contribution in [0.2, 0.25) is 0 Å². The third-order valence-corrected chi connectivity index (χ3v) is 4.75. The van der Waals surface area contributed by atoms with E-state index in [2.05, 4.69) is 16.9 Å². The SMILES string of the molecule is C=C(/C=C\C(=C/CC)Nc1nc(N)c(C(=O)c2c(F)cccc2F)s1)SN. The highest BCUT2D eigenvalue weighted by atomic mass is 32.2. The van der Waals surface area contributed by atoms with Crippen molar-refractivity contribution in [1.29, 1.82) is 0 Å². The number of nitrogen functional groups attached to an aromatic ring is 1. The third kappa shape index (κ3) is 5.25. The van der Waals surface area contributed by atoms with Gasteiger partial charge in [0.2, 0.25) is 5.78 Å². The number of rotatable bonds is 8. The molecule has 1 aromatic carbocycles. The lowest BCUT2D eigenvalue weighted by atomic mass is 10.1. The largest absolute Gasteiger partial charge is 0.382 e. The van der Waals surface area contributed by atoms with Crippen LogP contribution >= 0.6 is 23.3 Å². The maximum absolute atomic E-state index is 13.9. The number of carbonyl (C=O) groups is 1. The number of nitrogens with zero attached hydrogens (tertiary/aromatic N) is 1. The molecule has 2 aromatic rings. The number of carbonyl (C=O) groups excluding carboxylic acids is 1. The summed E-state index contributed by atoms with van der Waals surface area (Å²) in [5.74, 6) is -2.85. The molecule has 0 saturated heterocycles. The van der Waals surface area contributed by atoms with Crippen LogP contribution in [0.1, 0.15) is 28.6 Å². The van der Waals surface area contributed by atoms with Crippen molar-refractivity contribution in [3.05, 3.63) is 75.7 Å². The second-order valence-corrected chi connectivity index (χ2v) is 7.03. The molecule has 5 N–H and O–H groups in total. The lowest BCUT2D eigenvalue weighted by Gasteiger charge is -2.03. The van der Waals surface area contributed by atoms with Crippen molar-refractivity contribution < 1.29 is 13.6 Å². The van der Waals surface area contributed by atoms with Gasteiger partial charge in [-0.15, -0.1) is 0 Å². The van der Waals surface area contributed by atoms with Crippen molar-refractivity contribution in [2.75, 3.05) is 11.1 Å². The van der Waals surface area contributed by atoms with E-state index in [4.69, 9.17) is 10.9 Å². The van der Waals surface area contributed by atoms with Crippen LogP contribution in [-0.2, 0) is 0 Å². The van der Waals surface area contributed by atoms with Crippen molar-refractivity contribution in [3.8, 4) is 0 Å². The van der Waals surface area contributed by atoms with Gasteiger partial charge in [-0.2, -0.15) is 0 Å². The minimum Gasteiger partial charge on any atom is -0.382 e. The van der Waals surface area contributed by atoms with E-state index < -0.39 is 23.0 Å². The predicted molar refractivity (Wildman–Crippen MR) is 108 cm³/mol. The smallest absolute Gasteiger partial charge is 0.212 e. The molecule has 2 rings (SSSR count). The number of hydrogen-bond acceptors (Lipinski definition) is 7. The molecule has 1 heterocycles. The Bertz CT molecular complexity index is 902. The van der Waals surface area contributed by atoms with Crippen LogP contribution in [0.15, 0.2) is 53.6 Å². The highest BCUT2D eigenvalue weighted by Crippen LogP contribution is 2.30. The van der Waals surface area contributed by atoms with Crippen molar-refractivity contribution >= 4 is 40.0 Å². The minimum atomic E-state index is -0.949. The van der Waals surface area contributed by atoms with E-state index in [1.54, 1.807) is 12.2 Å². The van der Waals surface area contributed by atoms with Gasteiger partial charge in [-0.25, -0.2) is 13.8 Å². The normalized spacial score (nSPS) is 11.8. The molecule has 5 nitrogen and oxygen atoms in total. The van der Waals surface area contributed by atoms with Crippen LogP contribution in [0.5, 0.6) is 0 Å². The Balaban J connectivity index is 2.30. The Morgan fingerprint density at radius 2 is 2.04 bits per heavy atom. The fourth-order valence-electron chi connectivity index (χ4n) is 2.10. The van der Waals surface area contributed by atoms with Gasteiger partial charge in [0.25, 0.3) is 0 Å². The average Bonchev–Trinajstić information content (AvgIpc) is 2.99. The highest BCUT2D eigenvalue weighted by molar-refractivity contribution is 8.01. The van der Waals surface area contributed by atoms with Gasteiger partial charge in [0.15, 0.2) is 5.13 Å². The molecule has 0 aliphatic heterocycles. The summed E-state index contributed by atoms with van der Waals surface area (Å²) in [4.78, 5) is 17.2. The molecule has 9 heteroatoms. The van der Waals surface area contributed by atoms with E-state index in [0.717, 1.165) is 41.8 Å². The summed E-state index contributed by atoms with van der Waals surface area (Å²) in [7, 11) is 0. The molecule has 0 aliphatic carbocycles. The van der Waals surface area contributed by atoms with Crippen LogP contribution in [-0.4, -0.2) is 10.8 Å². The maximum atomic E-state index is 13.9. The van der Waals surface area contributed by atoms with Gasteiger partial charge in [-0.3, -0.25) is 9.93 Å². The Morgan fingerprint density at radius 3 is 2.63 bits per heavy atom. The Hall–Kier alpha value is -2.49. The van der Waals surface area contributed by atoms with E-state index in [1.165, 1.54) is 6.07 Å². The molecular weight excluding hydrogens is 390 g/mol. The molecule has 0 atom stereocenters. The molecule has 0 bridgehead atoms. The molecule has 0 amide bonds. The first-order valence-electron chi connectivity index (χ1n) is 7.83. The first-order chi connectivity index (χ1) is 12.9. The van der Waals surface area contributed by atoms with Gasteiger partial charge >= 0.3 is 0 Å². The number of ketones is 1. The summed E-state index contributed by atoms with van der Waals surface area (Å²) in [6.45, 7) is 5.70. The van der Waals surface area contributed by atoms with E-state index in [1.807, 2.05) is 13.0 Å². The van der Waals surface area contributed by atoms with Crippen LogP contribution in [0.3, 0.4) is 0 Å². The second-order valence-electron chi connectivity index (χ2n) is 5.27. The lowest BCUT2D eigenvalue weighted by molar-refractivity contribution is 0.103. The molecular formula is C18H18F2N4OS2. The molecule has 1 aromatic heterocycles. The van der Waals surface area contributed by atoms with Crippen molar-refractivity contribution in [2.45, 2.75) is 13.3 Å². The van der Waals surface area contributed by atoms with Crippen molar-refractivity contribution in [1.82, 2.24) is 4.98 Å². The Kier molecular flexibility index (Phi) is 7.28.